The van der Waals surface area contributed by atoms with E-state index in [-0.39, 0.29) is 11.1 Å². The fourth-order valence-corrected chi connectivity index (χ4v) is 2.25. The van der Waals surface area contributed by atoms with Crippen LogP contribution in [0.2, 0.25) is 0 Å². The number of rotatable bonds is 2. The minimum atomic E-state index is -2.09. The van der Waals surface area contributed by atoms with Gasteiger partial charge in [-0.15, -0.1) is 0 Å². The lowest BCUT2D eigenvalue weighted by molar-refractivity contribution is 0.557. The molecule has 0 N–H and O–H groups in total. The summed E-state index contributed by atoms with van der Waals surface area (Å²) in [7, 11) is 0. The Kier molecular flexibility index (Phi) is 3.74. The van der Waals surface area contributed by atoms with Crippen LogP contribution in [0.25, 0.3) is 0 Å². The second-order valence-electron chi connectivity index (χ2n) is 3.82. The third kappa shape index (κ3) is 2.69. The zero-order valence-corrected chi connectivity index (χ0v) is 10.7. The van der Waals surface area contributed by atoms with E-state index in [0.717, 1.165) is 24.3 Å². The quantitative estimate of drug-likeness (QED) is 0.545. The van der Waals surface area contributed by atoms with E-state index in [1.807, 2.05) is 0 Å². The molecule has 19 heavy (non-hydrogen) atoms. The lowest BCUT2D eigenvalue weighted by Crippen LogP contribution is -2.16. The van der Waals surface area contributed by atoms with Crippen LogP contribution in [0.1, 0.15) is 11.1 Å². The average Bonchev–Trinajstić information content (AvgIpc) is 2.27. The van der Waals surface area contributed by atoms with Gasteiger partial charge in [0.15, 0.2) is 4.33 Å². The molecule has 0 aromatic heterocycles. The first kappa shape index (κ1) is 14.2. The fourth-order valence-electron chi connectivity index (χ4n) is 1.63. The molecule has 0 aliphatic heterocycles. The van der Waals surface area contributed by atoms with Crippen LogP contribution >= 0.6 is 23.2 Å². The largest absolute Gasteiger partial charge is 0.207 e. The van der Waals surface area contributed by atoms with Crippen LogP contribution in [0, 0.1) is 23.3 Å². The fraction of sp³-hybridized carbons (Fsp3) is 0.0769. The van der Waals surface area contributed by atoms with Gasteiger partial charge in [0.25, 0.3) is 0 Å². The highest BCUT2D eigenvalue weighted by Crippen LogP contribution is 2.43. The van der Waals surface area contributed by atoms with E-state index in [1.165, 1.54) is 0 Å². The Morgan fingerprint density at radius 2 is 1.05 bits per heavy atom. The molecule has 0 fully saturated rings. The van der Waals surface area contributed by atoms with Crippen molar-refractivity contribution >= 4 is 23.2 Å². The molecule has 100 valence electrons. The standard InChI is InChI=1S/C13H6Cl2F4/c14-13(15,9-3-1-7(16)5-11(9)18)10-4-2-8(17)6-12(10)19/h1-6H. The van der Waals surface area contributed by atoms with E-state index in [2.05, 4.69) is 0 Å². The van der Waals surface area contributed by atoms with Crippen molar-refractivity contribution in [1.82, 2.24) is 0 Å². The van der Waals surface area contributed by atoms with Gasteiger partial charge in [-0.3, -0.25) is 0 Å². The first-order chi connectivity index (χ1) is 8.82. The molecule has 0 saturated carbocycles. The minimum Gasteiger partial charge on any atom is -0.207 e. The molecule has 2 aromatic rings. The maximum absolute atomic E-state index is 13.6. The minimum absolute atomic E-state index is 0.317. The molecule has 0 unspecified atom stereocenters. The van der Waals surface area contributed by atoms with Crippen LogP contribution in [0.15, 0.2) is 36.4 Å². The number of halogens is 6. The lowest BCUT2D eigenvalue weighted by Gasteiger charge is -2.21. The summed E-state index contributed by atoms with van der Waals surface area (Å²) in [4.78, 5) is 0. The van der Waals surface area contributed by atoms with Crippen LogP contribution in [0.4, 0.5) is 17.6 Å². The second-order valence-corrected chi connectivity index (χ2v) is 5.15. The summed E-state index contributed by atoms with van der Waals surface area (Å²) in [6.45, 7) is 0. The van der Waals surface area contributed by atoms with Crippen molar-refractivity contribution in [2.45, 2.75) is 4.33 Å². The molecule has 2 aromatic carbocycles. The zero-order valence-electron chi connectivity index (χ0n) is 9.23. The van der Waals surface area contributed by atoms with Gasteiger partial charge in [-0.1, -0.05) is 23.2 Å². The molecule has 0 aliphatic carbocycles. The Hall–Kier alpha value is -1.26. The van der Waals surface area contributed by atoms with Crippen LogP contribution in [-0.4, -0.2) is 0 Å². The summed E-state index contributed by atoms with van der Waals surface area (Å²) >= 11 is 11.9. The number of benzene rings is 2. The molecule has 0 atom stereocenters. The van der Waals surface area contributed by atoms with Crippen molar-refractivity contribution in [3.63, 3.8) is 0 Å². The molecule has 6 heteroatoms. The van der Waals surface area contributed by atoms with Crippen molar-refractivity contribution in [2.75, 3.05) is 0 Å². The van der Waals surface area contributed by atoms with Crippen molar-refractivity contribution in [1.29, 1.82) is 0 Å². The molecular formula is C13H6Cl2F4. The van der Waals surface area contributed by atoms with Gasteiger partial charge in [0.1, 0.15) is 23.3 Å². The van der Waals surface area contributed by atoms with Crippen molar-refractivity contribution < 1.29 is 17.6 Å². The topological polar surface area (TPSA) is 0 Å². The number of hydrogen-bond donors (Lipinski definition) is 0. The highest BCUT2D eigenvalue weighted by Gasteiger charge is 2.34. The maximum atomic E-state index is 13.6. The Labute approximate surface area is 116 Å². The Morgan fingerprint density at radius 1 is 0.684 bits per heavy atom. The summed E-state index contributed by atoms with van der Waals surface area (Å²) in [5.74, 6) is -3.67. The summed E-state index contributed by atoms with van der Waals surface area (Å²) in [6.07, 6.45) is 0. The molecule has 0 heterocycles. The van der Waals surface area contributed by atoms with Crippen molar-refractivity contribution in [2.24, 2.45) is 0 Å². The van der Waals surface area contributed by atoms with E-state index >= 15 is 0 Å². The summed E-state index contributed by atoms with van der Waals surface area (Å²) in [5, 5.41) is 0. The third-order valence-electron chi connectivity index (χ3n) is 2.54. The van der Waals surface area contributed by atoms with E-state index in [9.17, 15) is 17.6 Å². The van der Waals surface area contributed by atoms with Crippen molar-refractivity contribution in [3.8, 4) is 0 Å². The Balaban J connectivity index is 2.58. The summed E-state index contributed by atoms with van der Waals surface area (Å²) < 4.78 is 50.8. The SMILES string of the molecule is Fc1ccc(C(Cl)(Cl)c2ccc(F)cc2F)c(F)c1. The normalized spacial score (nSPS) is 11.7. The predicted molar refractivity (Wildman–Crippen MR) is 65.2 cm³/mol. The molecule has 0 nitrogen and oxygen atoms in total. The monoisotopic (exact) mass is 308 g/mol. The summed E-state index contributed by atoms with van der Waals surface area (Å²) in [5.41, 5.74) is -0.634. The molecule has 0 spiro atoms. The van der Waals surface area contributed by atoms with Gasteiger partial charge in [0.2, 0.25) is 0 Å². The van der Waals surface area contributed by atoms with Gasteiger partial charge in [-0.2, -0.15) is 0 Å². The van der Waals surface area contributed by atoms with Gasteiger partial charge >= 0.3 is 0 Å². The molecule has 0 saturated heterocycles. The smallest absolute Gasteiger partial charge is 0.173 e. The van der Waals surface area contributed by atoms with E-state index in [1.54, 1.807) is 0 Å². The van der Waals surface area contributed by atoms with Crippen LogP contribution in [0.3, 0.4) is 0 Å². The van der Waals surface area contributed by atoms with Gasteiger partial charge < -0.3 is 0 Å². The lowest BCUT2D eigenvalue weighted by atomic mass is 10.0. The van der Waals surface area contributed by atoms with Gasteiger partial charge in [0, 0.05) is 23.3 Å². The van der Waals surface area contributed by atoms with Gasteiger partial charge in [-0.05, 0) is 24.3 Å². The van der Waals surface area contributed by atoms with E-state index in [4.69, 9.17) is 23.2 Å². The number of hydrogen-bond acceptors (Lipinski definition) is 0. The highest BCUT2D eigenvalue weighted by molar-refractivity contribution is 6.50. The average molecular weight is 309 g/mol. The van der Waals surface area contributed by atoms with E-state index in [0.29, 0.717) is 12.1 Å². The van der Waals surface area contributed by atoms with Gasteiger partial charge in [-0.25, -0.2) is 17.6 Å². The molecule has 0 radical (unpaired) electrons. The highest BCUT2D eigenvalue weighted by atomic mass is 35.5. The van der Waals surface area contributed by atoms with Crippen LogP contribution < -0.4 is 0 Å². The Bertz CT molecular complexity index is 573. The van der Waals surface area contributed by atoms with E-state index < -0.39 is 27.6 Å². The molecule has 0 amide bonds. The molecule has 0 bridgehead atoms. The zero-order chi connectivity index (χ0) is 14.2. The molecule has 2 rings (SSSR count). The Morgan fingerprint density at radius 3 is 1.37 bits per heavy atom. The predicted octanol–water partition coefficient (Wildman–Crippen LogP) is 4.92. The third-order valence-corrected chi connectivity index (χ3v) is 3.35. The molecular weight excluding hydrogens is 303 g/mol. The van der Waals surface area contributed by atoms with Gasteiger partial charge in [0.05, 0.1) is 0 Å². The first-order valence-electron chi connectivity index (χ1n) is 5.11. The second kappa shape index (κ2) is 5.02. The summed E-state index contributed by atoms with van der Waals surface area (Å²) in [6, 6.07) is 5.06. The first-order valence-corrected chi connectivity index (χ1v) is 5.87. The van der Waals surface area contributed by atoms with Crippen LogP contribution in [-0.2, 0) is 4.33 Å². The maximum Gasteiger partial charge on any atom is 0.173 e. The number of alkyl halides is 2. The van der Waals surface area contributed by atoms with Crippen molar-refractivity contribution in [3.05, 3.63) is 70.8 Å². The molecule has 0 aliphatic rings. The van der Waals surface area contributed by atoms with Crippen LogP contribution in [0.5, 0.6) is 0 Å².